The summed E-state index contributed by atoms with van der Waals surface area (Å²) >= 11 is 0. The van der Waals surface area contributed by atoms with Crippen molar-refractivity contribution in [1.82, 2.24) is 5.32 Å². The van der Waals surface area contributed by atoms with Crippen LogP contribution < -0.4 is 10.2 Å². The second-order valence-corrected chi connectivity index (χ2v) is 3.90. The third kappa shape index (κ3) is 2.74. The van der Waals surface area contributed by atoms with E-state index >= 15 is 0 Å². The molecule has 0 heterocycles. The summed E-state index contributed by atoms with van der Waals surface area (Å²) in [6.07, 6.45) is 0. The summed E-state index contributed by atoms with van der Waals surface area (Å²) in [5.74, 6) is 0. The molecule has 0 aliphatic heterocycles. The van der Waals surface area contributed by atoms with Gasteiger partial charge >= 0.3 is 0 Å². The van der Waals surface area contributed by atoms with Crippen LogP contribution in [0.2, 0.25) is 0 Å². The Balaban J connectivity index is 2.72. The van der Waals surface area contributed by atoms with Crippen molar-refractivity contribution in [3.8, 4) is 0 Å². The lowest BCUT2D eigenvalue weighted by Gasteiger charge is -2.23. The third-order valence-corrected chi connectivity index (χ3v) is 2.50. The highest BCUT2D eigenvalue weighted by atomic mass is 15.1. The van der Waals surface area contributed by atoms with Gasteiger partial charge in [-0.1, -0.05) is 12.1 Å². The molecule has 14 heavy (non-hydrogen) atoms. The fraction of sp³-hybridized carbons (Fsp3) is 0.500. The van der Waals surface area contributed by atoms with Crippen LogP contribution in [0.25, 0.3) is 0 Å². The minimum absolute atomic E-state index is 0.546. The molecule has 2 heteroatoms. The van der Waals surface area contributed by atoms with Crippen LogP contribution in [-0.2, 0) is 6.54 Å². The molecular formula is C12H20N2. The molecule has 0 spiro atoms. The van der Waals surface area contributed by atoms with Crippen LogP contribution in [0.4, 0.5) is 5.69 Å². The van der Waals surface area contributed by atoms with E-state index in [1.165, 1.54) is 11.3 Å². The topological polar surface area (TPSA) is 15.3 Å². The van der Waals surface area contributed by atoms with Crippen molar-refractivity contribution in [2.75, 3.05) is 19.0 Å². The number of anilines is 1. The Morgan fingerprint density at radius 1 is 1.21 bits per heavy atom. The van der Waals surface area contributed by atoms with Crippen LogP contribution >= 0.6 is 0 Å². The van der Waals surface area contributed by atoms with E-state index in [0.717, 1.165) is 6.54 Å². The Bertz CT molecular complexity index is 264. The van der Waals surface area contributed by atoms with Gasteiger partial charge in [0, 0.05) is 25.3 Å². The van der Waals surface area contributed by atoms with Gasteiger partial charge < -0.3 is 10.2 Å². The average Bonchev–Trinajstić information content (AvgIpc) is 2.18. The van der Waals surface area contributed by atoms with Crippen LogP contribution in [0, 0.1) is 0 Å². The van der Waals surface area contributed by atoms with Crippen molar-refractivity contribution in [2.45, 2.75) is 26.4 Å². The van der Waals surface area contributed by atoms with Crippen LogP contribution in [0.3, 0.4) is 0 Å². The average molecular weight is 192 g/mol. The van der Waals surface area contributed by atoms with Gasteiger partial charge in [-0.25, -0.2) is 0 Å². The first-order chi connectivity index (χ1) is 6.65. The zero-order chi connectivity index (χ0) is 10.6. The first-order valence-corrected chi connectivity index (χ1v) is 5.11. The molecule has 1 rings (SSSR count). The van der Waals surface area contributed by atoms with Crippen molar-refractivity contribution in [2.24, 2.45) is 0 Å². The molecule has 0 saturated carbocycles. The van der Waals surface area contributed by atoms with Gasteiger partial charge in [-0.3, -0.25) is 0 Å². The lowest BCUT2D eigenvalue weighted by molar-refractivity contribution is 0.753. The molecule has 0 bridgehead atoms. The zero-order valence-electron chi connectivity index (χ0n) is 9.54. The van der Waals surface area contributed by atoms with E-state index in [4.69, 9.17) is 0 Å². The monoisotopic (exact) mass is 192 g/mol. The molecule has 2 nitrogen and oxygen atoms in total. The van der Waals surface area contributed by atoms with E-state index in [1.54, 1.807) is 0 Å². The maximum Gasteiger partial charge on any atom is 0.0366 e. The summed E-state index contributed by atoms with van der Waals surface area (Å²) in [7, 11) is 4.09. The molecule has 0 aliphatic rings. The van der Waals surface area contributed by atoms with Crippen LogP contribution in [0.1, 0.15) is 19.4 Å². The molecule has 1 aromatic carbocycles. The van der Waals surface area contributed by atoms with Crippen LogP contribution in [-0.4, -0.2) is 20.1 Å². The van der Waals surface area contributed by atoms with Gasteiger partial charge in [0.2, 0.25) is 0 Å². The maximum atomic E-state index is 3.14. The largest absolute Gasteiger partial charge is 0.372 e. The van der Waals surface area contributed by atoms with Gasteiger partial charge in [0.15, 0.2) is 0 Å². The minimum atomic E-state index is 0.546. The van der Waals surface area contributed by atoms with E-state index in [1.807, 2.05) is 7.05 Å². The summed E-state index contributed by atoms with van der Waals surface area (Å²) in [6, 6.07) is 9.24. The molecule has 0 aromatic heterocycles. The van der Waals surface area contributed by atoms with Gasteiger partial charge in [0.25, 0.3) is 0 Å². The van der Waals surface area contributed by atoms with Crippen molar-refractivity contribution in [1.29, 1.82) is 0 Å². The van der Waals surface area contributed by atoms with Gasteiger partial charge in [0.05, 0.1) is 0 Å². The highest BCUT2D eigenvalue weighted by Crippen LogP contribution is 2.15. The van der Waals surface area contributed by atoms with E-state index < -0.39 is 0 Å². The van der Waals surface area contributed by atoms with Crippen molar-refractivity contribution >= 4 is 5.69 Å². The maximum absolute atomic E-state index is 3.14. The fourth-order valence-corrected chi connectivity index (χ4v) is 1.35. The number of nitrogens with zero attached hydrogens (tertiary/aromatic N) is 1. The van der Waals surface area contributed by atoms with E-state index in [0.29, 0.717) is 6.04 Å². The molecule has 0 atom stereocenters. The Labute approximate surface area is 86.9 Å². The number of rotatable bonds is 4. The van der Waals surface area contributed by atoms with Gasteiger partial charge in [-0.05, 0) is 38.6 Å². The molecule has 0 radical (unpaired) electrons. The predicted molar refractivity (Wildman–Crippen MR) is 62.7 cm³/mol. The molecule has 78 valence electrons. The number of hydrogen-bond donors (Lipinski definition) is 1. The standard InChI is InChI=1S/C12H20N2/c1-10(2)14(4)12-7-5-11(6-8-12)9-13-3/h5-8,10,13H,9H2,1-4H3. The molecule has 0 fully saturated rings. The summed E-state index contributed by atoms with van der Waals surface area (Å²) < 4.78 is 0. The Morgan fingerprint density at radius 2 is 1.79 bits per heavy atom. The van der Waals surface area contributed by atoms with Crippen molar-refractivity contribution < 1.29 is 0 Å². The molecule has 1 N–H and O–H groups in total. The zero-order valence-corrected chi connectivity index (χ0v) is 9.54. The summed E-state index contributed by atoms with van der Waals surface area (Å²) in [4.78, 5) is 2.27. The SMILES string of the molecule is CNCc1ccc(N(C)C(C)C)cc1. The van der Waals surface area contributed by atoms with E-state index in [9.17, 15) is 0 Å². The van der Waals surface area contributed by atoms with Crippen molar-refractivity contribution in [3.05, 3.63) is 29.8 Å². The molecule has 0 saturated heterocycles. The second kappa shape index (κ2) is 5.01. The van der Waals surface area contributed by atoms with Gasteiger partial charge in [-0.15, -0.1) is 0 Å². The smallest absolute Gasteiger partial charge is 0.0366 e. The number of hydrogen-bond acceptors (Lipinski definition) is 2. The van der Waals surface area contributed by atoms with E-state index in [-0.39, 0.29) is 0 Å². The molecule has 1 aromatic rings. The van der Waals surface area contributed by atoms with Crippen LogP contribution in [0.15, 0.2) is 24.3 Å². The Hall–Kier alpha value is -1.02. The van der Waals surface area contributed by atoms with E-state index in [2.05, 4.69) is 55.4 Å². The van der Waals surface area contributed by atoms with Crippen LogP contribution in [0.5, 0.6) is 0 Å². The number of benzene rings is 1. The lowest BCUT2D eigenvalue weighted by atomic mass is 10.2. The highest BCUT2D eigenvalue weighted by Gasteiger charge is 2.03. The summed E-state index contributed by atoms with van der Waals surface area (Å²) in [5.41, 5.74) is 2.60. The first-order valence-electron chi connectivity index (χ1n) is 5.11. The molecule has 0 amide bonds. The quantitative estimate of drug-likeness (QED) is 0.787. The summed E-state index contributed by atoms with van der Waals surface area (Å²) in [6.45, 7) is 5.33. The third-order valence-electron chi connectivity index (χ3n) is 2.50. The summed E-state index contributed by atoms with van der Waals surface area (Å²) in [5, 5.41) is 3.14. The lowest BCUT2D eigenvalue weighted by Crippen LogP contribution is -2.25. The molecule has 0 unspecified atom stereocenters. The number of nitrogens with one attached hydrogen (secondary N) is 1. The first kappa shape index (κ1) is 11.1. The Morgan fingerprint density at radius 3 is 2.21 bits per heavy atom. The molecule has 0 aliphatic carbocycles. The highest BCUT2D eigenvalue weighted by molar-refractivity contribution is 5.47. The second-order valence-electron chi connectivity index (χ2n) is 3.90. The Kier molecular flexibility index (Phi) is 3.96. The van der Waals surface area contributed by atoms with Gasteiger partial charge in [0.1, 0.15) is 0 Å². The van der Waals surface area contributed by atoms with Gasteiger partial charge in [-0.2, -0.15) is 0 Å². The normalized spacial score (nSPS) is 10.6. The van der Waals surface area contributed by atoms with Crippen molar-refractivity contribution in [3.63, 3.8) is 0 Å². The predicted octanol–water partition coefficient (Wildman–Crippen LogP) is 2.25. The minimum Gasteiger partial charge on any atom is -0.372 e. The fourth-order valence-electron chi connectivity index (χ4n) is 1.35. The molecular weight excluding hydrogens is 172 g/mol.